The number of fused-ring (bicyclic) bond motifs is 1. The Morgan fingerprint density at radius 2 is 2.00 bits per heavy atom. The highest BCUT2D eigenvalue weighted by Gasteiger charge is 2.12. The van der Waals surface area contributed by atoms with Crippen LogP contribution < -0.4 is 5.32 Å². The summed E-state index contributed by atoms with van der Waals surface area (Å²) < 4.78 is 0. The van der Waals surface area contributed by atoms with Gasteiger partial charge in [-0.2, -0.15) is 0 Å². The van der Waals surface area contributed by atoms with Gasteiger partial charge in [-0.3, -0.25) is 0 Å². The zero-order valence-corrected chi connectivity index (χ0v) is 8.98. The van der Waals surface area contributed by atoms with Gasteiger partial charge >= 0.3 is 0 Å². The topological polar surface area (TPSA) is 37.8 Å². The lowest BCUT2D eigenvalue weighted by molar-refractivity contribution is 0.756. The SMILES string of the molecule is c1ccc(Cc2ncc3c(n2)CNC3)cc1. The second-order valence-electron chi connectivity index (χ2n) is 4.02. The van der Waals surface area contributed by atoms with E-state index in [1.54, 1.807) is 0 Å². The first-order valence-electron chi connectivity index (χ1n) is 5.50. The van der Waals surface area contributed by atoms with Crippen LogP contribution in [0.1, 0.15) is 22.6 Å². The van der Waals surface area contributed by atoms with Gasteiger partial charge in [-0.15, -0.1) is 0 Å². The molecule has 3 heteroatoms. The third-order valence-electron chi connectivity index (χ3n) is 2.82. The van der Waals surface area contributed by atoms with Crippen LogP contribution in [0.25, 0.3) is 0 Å². The van der Waals surface area contributed by atoms with E-state index >= 15 is 0 Å². The van der Waals surface area contributed by atoms with Crippen molar-refractivity contribution < 1.29 is 0 Å². The second-order valence-corrected chi connectivity index (χ2v) is 4.02. The minimum atomic E-state index is 0.814. The Bertz CT molecular complexity index is 494. The minimum absolute atomic E-state index is 0.814. The highest BCUT2D eigenvalue weighted by atomic mass is 15.0. The van der Waals surface area contributed by atoms with E-state index in [2.05, 4.69) is 27.4 Å². The Labute approximate surface area is 94.6 Å². The summed E-state index contributed by atoms with van der Waals surface area (Å²) in [6, 6.07) is 10.3. The molecule has 0 saturated heterocycles. The molecule has 1 aromatic heterocycles. The van der Waals surface area contributed by atoms with Crippen molar-refractivity contribution in [2.45, 2.75) is 19.5 Å². The highest BCUT2D eigenvalue weighted by Crippen LogP contribution is 2.13. The molecule has 0 aliphatic carbocycles. The average molecular weight is 211 g/mol. The van der Waals surface area contributed by atoms with Crippen molar-refractivity contribution in [1.29, 1.82) is 0 Å². The fourth-order valence-corrected chi connectivity index (χ4v) is 1.96. The Morgan fingerprint density at radius 1 is 1.12 bits per heavy atom. The Balaban J connectivity index is 1.86. The zero-order chi connectivity index (χ0) is 10.8. The van der Waals surface area contributed by atoms with E-state index in [1.807, 2.05) is 24.4 Å². The number of nitrogens with one attached hydrogen (secondary N) is 1. The molecule has 0 radical (unpaired) electrons. The van der Waals surface area contributed by atoms with Crippen molar-refractivity contribution in [1.82, 2.24) is 15.3 Å². The van der Waals surface area contributed by atoms with Gasteiger partial charge in [0.1, 0.15) is 5.82 Å². The summed E-state index contributed by atoms with van der Waals surface area (Å²) in [5, 5.41) is 3.28. The number of hydrogen-bond acceptors (Lipinski definition) is 3. The predicted molar refractivity (Wildman–Crippen MR) is 61.8 cm³/mol. The molecule has 16 heavy (non-hydrogen) atoms. The molecule has 0 spiro atoms. The van der Waals surface area contributed by atoms with Crippen LogP contribution in [-0.4, -0.2) is 9.97 Å². The monoisotopic (exact) mass is 211 g/mol. The maximum atomic E-state index is 4.57. The summed E-state index contributed by atoms with van der Waals surface area (Å²) in [6.45, 7) is 1.78. The Hall–Kier alpha value is -1.74. The third-order valence-corrected chi connectivity index (χ3v) is 2.82. The molecule has 0 bridgehead atoms. The molecule has 0 unspecified atom stereocenters. The smallest absolute Gasteiger partial charge is 0.132 e. The van der Waals surface area contributed by atoms with Crippen LogP contribution in [0.2, 0.25) is 0 Å². The maximum Gasteiger partial charge on any atom is 0.132 e. The fraction of sp³-hybridized carbons (Fsp3) is 0.231. The maximum absolute atomic E-state index is 4.57. The van der Waals surface area contributed by atoms with Crippen molar-refractivity contribution in [2.75, 3.05) is 0 Å². The summed E-state index contributed by atoms with van der Waals surface area (Å²) in [5.74, 6) is 0.911. The Morgan fingerprint density at radius 3 is 2.88 bits per heavy atom. The lowest BCUT2D eigenvalue weighted by Crippen LogP contribution is -2.01. The third kappa shape index (κ3) is 1.82. The van der Waals surface area contributed by atoms with Crippen molar-refractivity contribution in [2.24, 2.45) is 0 Å². The van der Waals surface area contributed by atoms with Crippen LogP contribution in [0, 0.1) is 0 Å². The van der Waals surface area contributed by atoms with E-state index in [4.69, 9.17) is 0 Å². The van der Waals surface area contributed by atoms with Gasteiger partial charge in [0.15, 0.2) is 0 Å². The van der Waals surface area contributed by atoms with Crippen molar-refractivity contribution in [3.8, 4) is 0 Å². The van der Waals surface area contributed by atoms with Gasteiger partial charge in [0.25, 0.3) is 0 Å². The van der Waals surface area contributed by atoms with Gasteiger partial charge in [-0.1, -0.05) is 30.3 Å². The summed E-state index contributed by atoms with van der Waals surface area (Å²) >= 11 is 0. The molecule has 3 nitrogen and oxygen atoms in total. The molecular weight excluding hydrogens is 198 g/mol. The first-order chi connectivity index (χ1) is 7.92. The van der Waals surface area contributed by atoms with Crippen molar-refractivity contribution in [3.05, 3.63) is 59.2 Å². The molecule has 1 N–H and O–H groups in total. The number of benzene rings is 1. The normalized spacial score (nSPS) is 13.8. The van der Waals surface area contributed by atoms with E-state index < -0.39 is 0 Å². The predicted octanol–water partition coefficient (Wildman–Crippen LogP) is 1.67. The van der Waals surface area contributed by atoms with Gasteiger partial charge < -0.3 is 5.32 Å². The van der Waals surface area contributed by atoms with Crippen LogP contribution in [0.5, 0.6) is 0 Å². The summed E-state index contributed by atoms with van der Waals surface area (Å²) in [4.78, 5) is 8.97. The van der Waals surface area contributed by atoms with Gasteiger partial charge in [-0.05, 0) is 5.56 Å². The number of aromatic nitrogens is 2. The summed E-state index contributed by atoms with van der Waals surface area (Å²) in [7, 11) is 0. The highest BCUT2D eigenvalue weighted by molar-refractivity contribution is 5.24. The van der Waals surface area contributed by atoms with Crippen LogP contribution in [-0.2, 0) is 19.5 Å². The first kappa shape index (κ1) is 9.48. The quantitative estimate of drug-likeness (QED) is 0.821. The van der Waals surface area contributed by atoms with Gasteiger partial charge in [-0.25, -0.2) is 9.97 Å². The lowest BCUT2D eigenvalue weighted by atomic mass is 10.1. The summed E-state index contributed by atoms with van der Waals surface area (Å²) in [6.07, 6.45) is 2.76. The standard InChI is InChI=1S/C13H13N3/c1-2-4-10(5-3-1)6-13-15-8-11-7-14-9-12(11)16-13/h1-5,8,14H,6-7,9H2. The lowest BCUT2D eigenvalue weighted by Gasteiger charge is -2.02. The first-order valence-corrected chi connectivity index (χ1v) is 5.50. The molecule has 1 aromatic carbocycles. The molecule has 1 aliphatic heterocycles. The van der Waals surface area contributed by atoms with Gasteiger partial charge in [0.2, 0.25) is 0 Å². The van der Waals surface area contributed by atoms with Crippen molar-refractivity contribution in [3.63, 3.8) is 0 Å². The molecule has 2 heterocycles. The van der Waals surface area contributed by atoms with Crippen LogP contribution in [0.15, 0.2) is 36.5 Å². The number of rotatable bonds is 2. The van der Waals surface area contributed by atoms with E-state index in [-0.39, 0.29) is 0 Å². The molecule has 0 atom stereocenters. The molecule has 2 aromatic rings. The largest absolute Gasteiger partial charge is 0.307 e. The van der Waals surface area contributed by atoms with E-state index in [1.165, 1.54) is 11.1 Å². The molecule has 1 aliphatic rings. The van der Waals surface area contributed by atoms with Gasteiger partial charge in [0, 0.05) is 31.3 Å². The van der Waals surface area contributed by atoms with Crippen molar-refractivity contribution >= 4 is 0 Å². The molecule has 0 amide bonds. The van der Waals surface area contributed by atoms with E-state index in [0.717, 1.165) is 31.0 Å². The van der Waals surface area contributed by atoms with Crippen LogP contribution in [0.3, 0.4) is 0 Å². The fourth-order valence-electron chi connectivity index (χ4n) is 1.96. The molecule has 0 saturated carbocycles. The summed E-state index contributed by atoms with van der Waals surface area (Å²) in [5.41, 5.74) is 3.64. The number of hydrogen-bond donors (Lipinski definition) is 1. The molecule has 3 rings (SSSR count). The van der Waals surface area contributed by atoms with Crippen LogP contribution >= 0.6 is 0 Å². The molecule has 0 fully saturated rings. The van der Waals surface area contributed by atoms with E-state index in [0.29, 0.717) is 0 Å². The Kier molecular flexibility index (Phi) is 2.38. The molecular formula is C13H13N3. The number of nitrogens with zero attached hydrogens (tertiary/aromatic N) is 2. The zero-order valence-electron chi connectivity index (χ0n) is 8.98. The van der Waals surface area contributed by atoms with Gasteiger partial charge in [0.05, 0.1) is 5.69 Å². The van der Waals surface area contributed by atoms with Crippen LogP contribution in [0.4, 0.5) is 0 Å². The minimum Gasteiger partial charge on any atom is -0.307 e. The second kappa shape index (κ2) is 4.02. The average Bonchev–Trinajstić information content (AvgIpc) is 2.77. The molecule has 80 valence electrons. The van der Waals surface area contributed by atoms with E-state index in [9.17, 15) is 0 Å².